The maximum atomic E-state index is 13.0. The van der Waals surface area contributed by atoms with Crippen molar-refractivity contribution in [2.24, 2.45) is 0 Å². The average molecular weight is 402 g/mol. The van der Waals surface area contributed by atoms with E-state index >= 15 is 0 Å². The van der Waals surface area contributed by atoms with Crippen LogP contribution >= 0.6 is 0 Å². The van der Waals surface area contributed by atoms with Crippen LogP contribution in [0.2, 0.25) is 0 Å². The quantitative estimate of drug-likeness (QED) is 0.581. The lowest BCUT2D eigenvalue weighted by Crippen LogP contribution is -2.30. The van der Waals surface area contributed by atoms with Crippen LogP contribution in [0, 0.1) is 13.8 Å². The van der Waals surface area contributed by atoms with E-state index in [0.29, 0.717) is 23.4 Å². The van der Waals surface area contributed by atoms with Crippen molar-refractivity contribution in [2.45, 2.75) is 46.0 Å². The average Bonchev–Trinajstić information content (AvgIpc) is 3.00. The van der Waals surface area contributed by atoms with Gasteiger partial charge in [-0.2, -0.15) is 0 Å². The summed E-state index contributed by atoms with van der Waals surface area (Å²) in [5.74, 6) is -0.953. The molecule has 0 atom stereocenters. The number of nitrogens with one attached hydrogen (secondary N) is 1. The fraction of sp³-hybridized carbons (Fsp3) is 0.320. The van der Waals surface area contributed by atoms with Gasteiger partial charge < -0.3 is 5.32 Å². The van der Waals surface area contributed by atoms with E-state index in [2.05, 4.69) is 11.4 Å². The Kier molecular flexibility index (Phi) is 5.53. The Morgan fingerprint density at radius 3 is 2.57 bits per heavy atom. The molecule has 0 saturated heterocycles. The molecule has 30 heavy (non-hydrogen) atoms. The first-order valence-electron chi connectivity index (χ1n) is 10.5. The Labute approximate surface area is 176 Å². The summed E-state index contributed by atoms with van der Waals surface area (Å²) in [6.45, 7) is 4.37. The van der Waals surface area contributed by atoms with Crippen LogP contribution < -0.4 is 10.2 Å². The maximum absolute atomic E-state index is 13.0. The lowest BCUT2D eigenvalue weighted by Gasteiger charge is -2.17. The minimum absolute atomic E-state index is 0.223. The number of rotatable bonds is 5. The molecule has 2 aromatic carbocycles. The summed E-state index contributed by atoms with van der Waals surface area (Å²) >= 11 is 0. The predicted molar refractivity (Wildman–Crippen MR) is 117 cm³/mol. The number of imide groups is 1. The Morgan fingerprint density at radius 2 is 1.80 bits per heavy atom. The molecule has 4 rings (SSSR count). The van der Waals surface area contributed by atoms with Crippen LogP contribution in [-0.2, 0) is 0 Å². The number of allylic oxidation sites excluding steroid dienone is 1. The third-order valence-corrected chi connectivity index (χ3v) is 5.87. The van der Waals surface area contributed by atoms with Crippen molar-refractivity contribution < 1.29 is 14.4 Å². The van der Waals surface area contributed by atoms with Gasteiger partial charge in [-0.3, -0.25) is 14.4 Å². The molecule has 0 fully saturated rings. The highest BCUT2D eigenvalue weighted by Crippen LogP contribution is 2.31. The Morgan fingerprint density at radius 1 is 1.00 bits per heavy atom. The lowest BCUT2D eigenvalue weighted by atomic mass is 9.97. The predicted octanol–water partition coefficient (Wildman–Crippen LogP) is 4.72. The molecule has 0 unspecified atom stereocenters. The summed E-state index contributed by atoms with van der Waals surface area (Å²) in [5, 5.41) is 2.93. The maximum Gasteiger partial charge on any atom is 0.266 e. The smallest absolute Gasteiger partial charge is 0.266 e. The largest absolute Gasteiger partial charge is 0.352 e. The monoisotopic (exact) mass is 402 g/mol. The third kappa shape index (κ3) is 3.80. The number of nitrogens with zero attached hydrogens (tertiary/aromatic N) is 1. The number of hydrogen-bond donors (Lipinski definition) is 1. The molecule has 0 radical (unpaired) electrons. The molecule has 154 valence electrons. The van der Waals surface area contributed by atoms with Gasteiger partial charge in [0.05, 0.1) is 16.8 Å². The minimum Gasteiger partial charge on any atom is -0.352 e. The number of aryl methyl sites for hydroxylation is 2. The summed E-state index contributed by atoms with van der Waals surface area (Å²) in [6.07, 6.45) is 7.83. The molecule has 0 saturated carbocycles. The van der Waals surface area contributed by atoms with Crippen molar-refractivity contribution in [3.63, 3.8) is 0 Å². The standard InChI is InChI=1S/C25H26N2O3/c1-16-8-9-17(2)22(14-16)27-24(29)20-11-10-19(15-21(20)25(27)30)23(28)26-13-12-18-6-4-3-5-7-18/h6,8-11,14-15H,3-5,7,12-13H2,1-2H3,(H,26,28). The van der Waals surface area contributed by atoms with Crippen LogP contribution in [0.25, 0.3) is 0 Å². The van der Waals surface area contributed by atoms with E-state index in [1.165, 1.54) is 29.4 Å². The first-order chi connectivity index (χ1) is 14.5. The topological polar surface area (TPSA) is 66.5 Å². The fourth-order valence-corrected chi connectivity index (χ4v) is 4.13. The second-order valence-electron chi connectivity index (χ2n) is 8.11. The van der Waals surface area contributed by atoms with Crippen molar-refractivity contribution in [2.75, 3.05) is 11.4 Å². The zero-order chi connectivity index (χ0) is 21.3. The molecule has 3 amide bonds. The molecule has 0 spiro atoms. The van der Waals surface area contributed by atoms with Crippen molar-refractivity contribution in [3.05, 3.63) is 75.9 Å². The first-order valence-corrected chi connectivity index (χ1v) is 10.5. The van der Waals surface area contributed by atoms with Crippen LogP contribution in [0.1, 0.15) is 74.3 Å². The van der Waals surface area contributed by atoms with E-state index in [1.807, 2.05) is 32.0 Å². The summed E-state index contributed by atoms with van der Waals surface area (Å²) in [7, 11) is 0. The Hall–Kier alpha value is -3.21. The summed E-state index contributed by atoms with van der Waals surface area (Å²) in [4.78, 5) is 39.7. The second-order valence-corrected chi connectivity index (χ2v) is 8.11. The molecular weight excluding hydrogens is 376 g/mol. The van der Waals surface area contributed by atoms with Gasteiger partial charge in [0.25, 0.3) is 17.7 Å². The summed E-state index contributed by atoms with van der Waals surface area (Å²) in [6, 6.07) is 10.4. The summed E-state index contributed by atoms with van der Waals surface area (Å²) in [5.41, 5.74) is 4.84. The second kappa shape index (κ2) is 8.27. The third-order valence-electron chi connectivity index (χ3n) is 5.87. The highest BCUT2D eigenvalue weighted by molar-refractivity contribution is 6.35. The van der Waals surface area contributed by atoms with Gasteiger partial charge in [0.2, 0.25) is 0 Å². The Balaban J connectivity index is 1.51. The van der Waals surface area contributed by atoms with E-state index < -0.39 is 0 Å². The van der Waals surface area contributed by atoms with Crippen LogP contribution in [0.15, 0.2) is 48.0 Å². The molecule has 2 aliphatic rings. The zero-order valence-electron chi connectivity index (χ0n) is 17.5. The van der Waals surface area contributed by atoms with Gasteiger partial charge in [0.1, 0.15) is 0 Å². The van der Waals surface area contributed by atoms with Gasteiger partial charge in [-0.1, -0.05) is 23.8 Å². The van der Waals surface area contributed by atoms with Gasteiger partial charge >= 0.3 is 0 Å². The van der Waals surface area contributed by atoms with Crippen LogP contribution in [-0.4, -0.2) is 24.3 Å². The number of benzene rings is 2. The SMILES string of the molecule is Cc1ccc(C)c(N2C(=O)c3ccc(C(=O)NCCC4=CCCCC4)cc3C2=O)c1. The van der Waals surface area contributed by atoms with Gasteiger partial charge in [0.15, 0.2) is 0 Å². The summed E-state index contributed by atoms with van der Waals surface area (Å²) < 4.78 is 0. The molecule has 0 aromatic heterocycles. The van der Waals surface area contributed by atoms with Crippen LogP contribution in [0.5, 0.6) is 0 Å². The lowest BCUT2D eigenvalue weighted by molar-refractivity contribution is 0.0923. The zero-order valence-corrected chi connectivity index (χ0v) is 17.5. The van der Waals surface area contributed by atoms with Gasteiger partial charge in [0, 0.05) is 12.1 Å². The molecule has 5 nitrogen and oxygen atoms in total. The van der Waals surface area contributed by atoms with E-state index in [4.69, 9.17) is 0 Å². The highest BCUT2D eigenvalue weighted by atomic mass is 16.2. The molecule has 1 N–H and O–H groups in total. The van der Waals surface area contributed by atoms with Crippen LogP contribution in [0.4, 0.5) is 5.69 Å². The minimum atomic E-state index is -0.384. The van der Waals surface area contributed by atoms with E-state index in [0.717, 1.165) is 30.4 Å². The number of anilines is 1. The molecule has 5 heteroatoms. The molecule has 1 aliphatic carbocycles. The number of carbonyl (C=O) groups is 3. The first kappa shape index (κ1) is 20.1. The molecule has 1 aliphatic heterocycles. The van der Waals surface area contributed by atoms with Crippen molar-refractivity contribution in [1.29, 1.82) is 0 Å². The Bertz CT molecular complexity index is 1070. The van der Waals surface area contributed by atoms with E-state index in [-0.39, 0.29) is 23.3 Å². The fourth-order valence-electron chi connectivity index (χ4n) is 4.13. The van der Waals surface area contributed by atoms with Crippen molar-refractivity contribution in [3.8, 4) is 0 Å². The molecule has 2 aromatic rings. The number of carbonyl (C=O) groups excluding carboxylic acids is 3. The number of amides is 3. The van der Waals surface area contributed by atoms with Crippen molar-refractivity contribution >= 4 is 23.4 Å². The van der Waals surface area contributed by atoms with Gasteiger partial charge in [-0.05, 0) is 81.3 Å². The van der Waals surface area contributed by atoms with Gasteiger partial charge in [-0.25, -0.2) is 4.90 Å². The molecule has 1 heterocycles. The molecular formula is C25H26N2O3. The van der Waals surface area contributed by atoms with E-state index in [9.17, 15) is 14.4 Å². The van der Waals surface area contributed by atoms with Crippen molar-refractivity contribution in [1.82, 2.24) is 5.32 Å². The van der Waals surface area contributed by atoms with Crippen LogP contribution in [0.3, 0.4) is 0 Å². The normalized spacial score (nSPS) is 15.8. The van der Waals surface area contributed by atoms with Gasteiger partial charge in [-0.15, -0.1) is 0 Å². The number of hydrogen-bond acceptors (Lipinski definition) is 3. The highest BCUT2D eigenvalue weighted by Gasteiger charge is 2.37. The number of fused-ring (bicyclic) bond motifs is 1. The molecule has 0 bridgehead atoms. The van der Waals surface area contributed by atoms with E-state index in [1.54, 1.807) is 12.1 Å².